The van der Waals surface area contributed by atoms with Crippen LogP contribution in [0.5, 0.6) is 0 Å². The van der Waals surface area contributed by atoms with Crippen molar-refractivity contribution in [2.75, 3.05) is 5.73 Å². The van der Waals surface area contributed by atoms with Crippen molar-refractivity contribution in [2.24, 2.45) is 0 Å². The second-order valence-electron chi connectivity index (χ2n) is 3.73. The van der Waals surface area contributed by atoms with Gasteiger partial charge in [0, 0.05) is 18.0 Å². The highest BCUT2D eigenvalue weighted by atomic mass is 32.1. The van der Waals surface area contributed by atoms with Crippen LogP contribution in [0.25, 0.3) is 11.4 Å². The Balaban J connectivity index is 2.01. The zero-order chi connectivity index (χ0) is 13.2. The molecule has 3 rings (SSSR count). The van der Waals surface area contributed by atoms with E-state index in [-0.39, 0.29) is 11.9 Å². The van der Waals surface area contributed by atoms with Crippen molar-refractivity contribution >= 4 is 23.2 Å². The molecule has 0 aliphatic rings. The van der Waals surface area contributed by atoms with Gasteiger partial charge in [-0.25, -0.2) is 0 Å². The summed E-state index contributed by atoms with van der Waals surface area (Å²) >= 11 is 1.33. The number of hydrogen-bond acceptors (Lipinski definition) is 6. The maximum atomic E-state index is 12.1. The number of thiophene rings is 1. The number of carbonyl (C=O) groups excluding carboxylic acids is 1. The topological polar surface area (TPSA) is 86.7 Å². The molecule has 94 valence electrons. The Kier molecular flexibility index (Phi) is 2.81. The predicted molar refractivity (Wildman–Crippen MR) is 71.7 cm³/mol. The van der Waals surface area contributed by atoms with Gasteiger partial charge in [-0.3, -0.25) is 9.78 Å². The summed E-state index contributed by atoms with van der Waals surface area (Å²) in [5, 5.41) is 5.96. The molecule has 0 saturated carbocycles. The van der Waals surface area contributed by atoms with Gasteiger partial charge < -0.3 is 5.73 Å². The monoisotopic (exact) mass is 271 g/mol. The average molecular weight is 271 g/mol. The van der Waals surface area contributed by atoms with E-state index in [9.17, 15) is 4.79 Å². The number of rotatable bonds is 2. The van der Waals surface area contributed by atoms with Crippen molar-refractivity contribution in [3.05, 3.63) is 46.9 Å². The fourth-order valence-corrected chi connectivity index (χ4v) is 2.24. The Morgan fingerprint density at radius 3 is 2.89 bits per heavy atom. The van der Waals surface area contributed by atoms with Crippen molar-refractivity contribution in [3.63, 3.8) is 0 Å². The summed E-state index contributed by atoms with van der Waals surface area (Å²) < 4.78 is 1.11. The molecular weight excluding hydrogens is 262 g/mol. The van der Waals surface area contributed by atoms with E-state index in [1.807, 2.05) is 11.4 Å². The Hall–Kier alpha value is -2.54. The molecule has 3 aromatic heterocycles. The van der Waals surface area contributed by atoms with Crippen molar-refractivity contribution in [1.29, 1.82) is 0 Å². The summed E-state index contributed by atoms with van der Waals surface area (Å²) in [6.45, 7) is 0. The highest BCUT2D eigenvalue weighted by Gasteiger charge is 2.17. The number of pyridine rings is 1. The van der Waals surface area contributed by atoms with Gasteiger partial charge in [0.05, 0.1) is 4.88 Å². The molecule has 0 amide bonds. The van der Waals surface area contributed by atoms with Gasteiger partial charge in [0.2, 0.25) is 5.95 Å². The number of hydrogen-bond donors (Lipinski definition) is 1. The molecule has 0 aliphatic carbocycles. The molecule has 0 saturated heterocycles. The molecule has 19 heavy (non-hydrogen) atoms. The summed E-state index contributed by atoms with van der Waals surface area (Å²) in [4.78, 5) is 20.8. The van der Waals surface area contributed by atoms with E-state index in [1.165, 1.54) is 11.3 Å². The zero-order valence-corrected chi connectivity index (χ0v) is 10.5. The second kappa shape index (κ2) is 4.62. The molecule has 3 aromatic rings. The van der Waals surface area contributed by atoms with Gasteiger partial charge in [-0.1, -0.05) is 6.07 Å². The lowest BCUT2D eigenvalue weighted by Gasteiger charge is -1.97. The maximum Gasteiger partial charge on any atom is 0.291 e. The van der Waals surface area contributed by atoms with E-state index < -0.39 is 0 Å². The molecular formula is C12H9N5OS. The number of nitrogens with two attached hydrogens (primary N) is 1. The smallest absolute Gasteiger partial charge is 0.291 e. The number of anilines is 1. The average Bonchev–Trinajstić information content (AvgIpc) is 3.08. The largest absolute Gasteiger partial charge is 0.368 e. The second-order valence-corrected chi connectivity index (χ2v) is 4.68. The third-order valence-corrected chi connectivity index (χ3v) is 3.33. The van der Waals surface area contributed by atoms with Crippen LogP contribution in [-0.2, 0) is 0 Å². The fourth-order valence-electron chi connectivity index (χ4n) is 1.60. The van der Waals surface area contributed by atoms with Crippen molar-refractivity contribution in [3.8, 4) is 11.4 Å². The molecule has 3 heterocycles. The molecule has 0 aromatic carbocycles. The van der Waals surface area contributed by atoms with Gasteiger partial charge in [-0.05, 0) is 23.6 Å². The molecule has 0 aliphatic heterocycles. The Bertz CT molecular complexity index is 705. The van der Waals surface area contributed by atoms with Crippen LogP contribution in [0.15, 0.2) is 42.0 Å². The van der Waals surface area contributed by atoms with Crippen molar-refractivity contribution in [2.45, 2.75) is 0 Å². The number of carbonyl (C=O) groups is 1. The summed E-state index contributed by atoms with van der Waals surface area (Å²) in [6.07, 6.45) is 3.27. The lowest BCUT2D eigenvalue weighted by molar-refractivity contribution is 0.0952. The lowest BCUT2D eigenvalue weighted by atomic mass is 10.3. The van der Waals surface area contributed by atoms with E-state index in [2.05, 4.69) is 15.1 Å². The van der Waals surface area contributed by atoms with Gasteiger partial charge in [-0.2, -0.15) is 9.67 Å². The first kappa shape index (κ1) is 11.5. The van der Waals surface area contributed by atoms with Gasteiger partial charge in [0.15, 0.2) is 5.82 Å². The van der Waals surface area contributed by atoms with Gasteiger partial charge in [-0.15, -0.1) is 16.4 Å². The normalized spacial score (nSPS) is 10.5. The van der Waals surface area contributed by atoms with Crippen LogP contribution in [0, 0.1) is 0 Å². The van der Waals surface area contributed by atoms with E-state index in [0.717, 1.165) is 4.68 Å². The molecule has 7 heteroatoms. The van der Waals surface area contributed by atoms with E-state index in [4.69, 9.17) is 5.73 Å². The van der Waals surface area contributed by atoms with E-state index >= 15 is 0 Å². The Morgan fingerprint density at radius 2 is 2.21 bits per heavy atom. The first-order valence-corrected chi connectivity index (χ1v) is 6.35. The van der Waals surface area contributed by atoms with Crippen LogP contribution in [0.3, 0.4) is 0 Å². The maximum absolute atomic E-state index is 12.1. The quantitative estimate of drug-likeness (QED) is 0.766. The summed E-state index contributed by atoms with van der Waals surface area (Å²) in [7, 11) is 0. The third-order valence-electron chi connectivity index (χ3n) is 2.48. The summed E-state index contributed by atoms with van der Waals surface area (Å²) in [5.74, 6) is 0.169. The van der Waals surface area contributed by atoms with E-state index in [0.29, 0.717) is 16.3 Å². The first-order valence-electron chi connectivity index (χ1n) is 5.47. The minimum absolute atomic E-state index is 0.0669. The summed E-state index contributed by atoms with van der Waals surface area (Å²) in [6, 6.07) is 7.10. The van der Waals surface area contributed by atoms with Gasteiger partial charge in [0.25, 0.3) is 5.91 Å². The highest BCUT2D eigenvalue weighted by Crippen LogP contribution is 2.17. The third kappa shape index (κ3) is 2.11. The SMILES string of the molecule is Nc1nc(-c2cccnc2)nn1C(=O)c1cccs1. The number of nitrogen functional groups attached to an aromatic ring is 1. The summed E-state index contributed by atoms with van der Waals surface area (Å²) in [5.41, 5.74) is 6.45. The minimum atomic E-state index is -0.282. The molecule has 6 nitrogen and oxygen atoms in total. The Labute approximate surface area is 112 Å². The minimum Gasteiger partial charge on any atom is -0.368 e. The van der Waals surface area contributed by atoms with E-state index in [1.54, 1.807) is 30.6 Å². The van der Waals surface area contributed by atoms with Crippen LogP contribution in [-0.4, -0.2) is 25.7 Å². The van der Waals surface area contributed by atoms with Gasteiger partial charge >= 0.3 is 0 Å². The highest BCUT2D eigenvalue weighted by molar-refractivity contribution is 7.12. The predicted octanol–water partition coefficient (Wildman–Crippen LogP) is 1.67. The molecule has 0 fully saturated rings. The van der Waals surface area contributed by atoms with Crippen molar-refractivity contribution in [1.82, 2.24) is 19.7 Å². The zero-order valence-electron chi connectivity index (χ0n) is 9.72. The molecule has 2 N–H and O–H groups in total. The van der Waals surface area contributed by atoms with Crippen LogP contribution >= 0.6 is 11.3 Å². The van der Waals surface area contributed by atoms with Gasteiger partial charge in [0.1, 0.15) is 0 Å². The molecule has 0 unspecified atom stereocenters. The first-order chi connectivity index (χ1) is 9.25. The number of nitrogens with zero attached hydrogens (tertiary/aromatic N) is 4. The van der Waals surface area contributed by atoms with Crippen LogP contribution in [0.4, 0.5) is 5.95 Å². The molecule has 0 bridgehead atoms. The molecule has 0 spiro atoms. The van der Waals surface area contributed by atoms with Crippen LogP contribution < -0.4 is 5.73 Å². The molecule has 0 radical (unpaired) electrons. The number of aromatic nitrogens is 4. The fraction of sp³-hybridized carbons (Fsp3) is 0. The molecule has 0 atom stereocenters. The van der Waals surface area contributed by atoms with Crippen molar-refractivity contribution < 1.29 is 4.79 Å². The van der Waals surface area contributed by atoms with Crippen LogP contribution in [0.1, 0.15) is 9.67 Å². The van der Waals surface area contributed by atoms with Crippen LogP contribution in [0.2, 0.25) is 0 Å². The Morgan fingerprint density at radius 1 is 1.32 bits per heavy atom. The standard InChI is InChI=1S/C12H9N5OS/c13-12-15-10(8-3-1-5-14-7-8)16-17(12)11(18)9-4-2-6-19-9/h1-7H,(H2,13,15,16). The lowest BCUT2D eigenvalue weighted by Crippen LogP contribution is -2.15.